The average molecular weight is 243 g/mol. The van der Waals surface area contributed by atoms with Crippen molar-refractivity contribution in [3.63, 3.8) is 0 Å². The number of anilines is 2. The Morgan fingerprint density at radius 2 is 1.89 bits per heavy atom. The number of rotatable bonds is 5. The third-order valence-corrected chi connectivity index (χ3v) is 2.96. The lowest BCUT2D eigenvalue weighted by Gasteiger charge is -2.09. The molecule has 18 heavy (non-hydrogen) atoms. The Labute approximate surface area is 109 Å². The normalized spacial score (nSPS) is 10.6. The quantitative estimate of drug-likeness (QED) is 0.858. The van der Waals surface area contributed by atoms with Gasteiger partial charge in [-0.2, -0.15) is 0 Å². The molecule has 1 aromatic heterocycles. The van der Waals surface area contributed by atoms with Gasteiger partial charge in [0.15, 0.2) is 0 Å². The van der Waals surface area contributed by atoms with E-state index < -0.39 is 0 Å². The second kappa shape index (κ2) is 5.71. The molecular weight excluding hydrogens is 222 g/mol. The number of aromatic nitrogens is 2. The highest BCUT2D eigenvalue weighted by atomic mass is 15.2. The van der Waals surface area contributed by atoms with Crippen molar-refractivity contribution in [1.82, 2.24) is 9.55 Å². The highest BCUT2D eigenvalue weighted by molar-refractivity contribution is 5.54. The number of aryl methyl sites for hydroxylation is 3. The van der Waals surface area contributed by atoms with Crippen LogP contribution in [0.15, 0.2) is 30.5 Å². The lowest BCUT2D eigenvalue weighted by molar-refractivity contribution is 0.637. The summed E-state index contributed by atoms with van der Waals surface area (Å²) >= 11 is 0. The van der Waals surface area contributed by atoms with Gasteiger partial charge in [0.05, 0.1) is 5.69 Å². The van der Waals surface area contributed by atoms with Gasteiger partial charge in [-0.15, -0.1) is 0 Å². The fourth-order valence-electron chi connectivity index (χ4n) is 1.91. The van der Waals surface area contributed by atoms with Gasteiger partial charge in [0.2, 0.25) is 5.95 Å². The maximum absolute atomic E-state index is 4.53. The van der Waals surface area contributed by atoms with Crippen LogP contribution >= 0.6 is 0 Å². The smallest absolute Gasteiger partial charge is 0.207 e. The monoisotopic (exact) mass is 243 g/mol. The molecule has 0 saturated heterocycles. The van der Waals surface area contributed by atoms with Crippen LogP contribution in [0.4, 0.5) is 11.6 Å². The van der Waals surface area contributed by atoms with Gasteiger partial charge in [-0.05, 0) is 32.4 Å². The first-order chi connectivity index (χ1) is 8.69. The molecule has 0 radical (unpaired) electrons. The standard InChI is InChI=1S/C15H21N3/c1-4-5-10-18-11-13(3)16-15(18)17-14-8-6-12(2)7-9-14/h6-9,11H,4-5,10H2,1-3H3,(H,16,17). The maximum Gasteiger partial charge on any atom is 0.207 e. The lowest BCUT2D eigenvalue weighted by atomic mass is 10.2. The number of benzene rings is 1. The molecule has 0 aliphatic heterocycles. The molecule has 3 heteroatoms. The van der Waals surface area contributed by atoms with Gasteiger partial charge in [-0.25, -0.2) is 4.98 Å². The molecule has 1 aromatic carbocycles. The Morgan fingerprint density at radius 3 is 2.56 bits per heavy atom. The highest BCUT2D eigenvalue weighted by Gasteiger charge is 2.05. The van der Waals surface area contributed by atoms with Crippen molar-refractivity contribution in [1.29, 1.82) is 0 Å². The Morgan fingerprint density at radius 1 is 1.17 bits per heavy atom. The summed E-state index contributed by atoms with van der Waals surface area (Å²) in [5, 5.41) is 3.38. The first-order valence-corrected chi connectivity index (χ1v) is 6.56. The van der Waals surface area contributed by atoms with Crippen molar-refractivity contribution in [3.05, 3.63) is 41.7 Å². The van der Waals surface area contributed by atoms with Crippen LogP contribution in [0.2, 0.25) is 0 Å². The van der Waals surface area contributed by atoms with Gasteiger partial charge in [-0.3, -0.25) is 0 Å². The fraction of sp³-hybridized carbons (Fsp3) is 0.400. The molecule has 0 unspecified atom stereocenters. The Bertz CT molecular complexity index is 497. The second-order valence-corrected chi connectivity index (χ2v) is 4.74. The van der Waals surface area contributed by atoms with Gasteiger partial charge in [0.1, 0.15) is 0 Å². The first-order valence-electron chi connectivity index (χ1n) is 6.56. The zero-order chi connectivity index (χ0) is 13.0. The number of nitrogens with zero attached hydrogens (tertiary/aromatic N) is 2. The third-order valence-electron chi connectivity index (χ3n) is 2.96. The summed E-state index contributed by atoms with van der Waals surface area (Å²) in [5.41, 5.74) is 3.41. The van der Waals surface area contributed by atoms with E-state index in [1.54, 1.807) is 0 Å². The van der Waals surface area contributed by atoms with Gasteiger partial charge in [0, 0.05) is 18.4 Å². The van der Waals surface area contributed by atoms with E-state index >= 15 is 0 Å². The summed E-state index contributed by atoms with van der Waals surface area (Å²) in [6, 6.07) is 8.38. The highest BCUT2D eigenvalue weighted by Crippen LogP contribution is 2.17. The van der Waals surface area contributed by atoms with Crippen LogP contribution in [-0.2, 0) is 6.54 Å². The van der Waals surface area contributed by atoms with Crippen LogP contribution in [0, 0.1) is 13.8 Å². The summed E-state index contributed by atoms with van der Waals surface area (Å²) in [7, 11) is 0. The first kappa shape index (κ1) is 12.7. The summed E-state index contributed by atoms with van der Waals surface area (Å²) in [6.07, 6.45) is 4.48. The molecule has 0 amide bonds. The van der Waals surface area contributed by atoms with Crippen molar-refractivity contribution >= 4 is 11.6 Å². The van der Waals surface area contributed by atoms with Crippen LogP contribution in [0.5, 0.6) is 0 Å². The van der Waals surface area contributed by atoms with Gasteiger partial charge < -0.3 is 9.88 Å². The number of imidazole rings is 1. The van der Waals surface area contributed by atoms with Crippen LogP contribution in [0.3, 0.4) is 0 Å². The lowest BCUT2D eigenvalue weighted by Crippen LogP contribution is -2.03. The molecule has 0 atom stereocenters. The average Bonchev–Trinajstić information content (AvgIpc) is 2.70. The van der Waals surface area contributed by atoms with Crippen molar-refractivity contribution in [3.8, 4) is 0 Å². The van der Waals surface area contributed by atoms with Gasteiger partial charge in [-0.1, -0.05) is 31.0 Å². The van der Waals surface area contributed by atoms with E-state index in [0.29, 0.717) is 0 Å². The fourth-order valence-corrected chi connectivity index (χ4v) is 1.91. The van der Waals surface area contributed by atoms with Crippen molar-refractivity contribution in [2.24, 2.45) is 0 Å². The molecular formula is C15H21N3. The minimum absolute atomic E-state index is 0.935. The SMILES string of the molecule is CCCCn1cc(C)nc1Nc1ccc(C)cc1. The molecule has 1 heterocycles. The van der Waals surface area contributed by atoms with Crippen LogP contribution in [0.1, 0.15) is 31.0 Å². The summed E-state index contributed by atoms with van der Waals surface area (Å²) < 4.78 is 2.19. The second-order valence-electron chi connectivity index (χ2n) is 4.74. The summed E-state index contributed by atoms with van der Waals surface area (Å²) in [5.74, 6) is 0.935. The minimum Gasteiger partial charge on any atom is -0.326 e. The molecule has 0 spiro atoms. The Hall–Kier alpha value is -1.77. The number of nitrogens with one attached hydrogen (secondary N) is 1. The summed E-state index contributed by atoms with van der Waals surface area (Å²) in [4.78, 5) is 4.53. The van der Waals surface area contributed by atoms with E-state index in [4.69, 9.17) is 0 Å². The van der Waals surface area contributed by atoms with Gasteiger partial charge in [0.25, 0.3) is 0 Å². The molecule has 96 valence electrons. The van der Waals surface area contributed by atoms with E-state index in [9.17, 15) is 0 Å². The predicted octanol–water partition coefficient (Wildman–Crippen LogP) is 4.04. The van der Waals surface area contributed by atoms with E-state index in [2.05, 4.69) is 59.2 Å². The van der Waals surface area contributed by atoms with Crippen molar-refractivity contribution in [2.75, 3.05) is 5.32 Å². The van der Waals surface area contributed by atoms with Crippen molar-refractivity contribution in [2.45, 2.75) is 40.2 Å². The number of hydrogen-bond donors (Lipinski definition) is 1. The molecule has 0 aliphatic carbocycles. The van der Waals surface area contributed by atoms with Crippen LogP contribution in [0.25, 0.3) is 0 Å². The molecule has 0 saturated carbocycles. The van der Waals surface area contributed by atoms with E-state index in [-0.39, 0.29) is 0 Å². The molecule has 3 nitrogen and oxygen atoms in total. The molecule has 0 aliphatic rings. The molecule has 0 fully saturated rings. The Kier molecular flexibility index (Phi) is 4.03. The third kappa shape index (κ3) is 3.13. The number of unbranched alkanes of at least 4 members (excludes halogenated alkanes) is 1. The minimum atomic E-state index is 0.935. The van der Waals surface area contributed by atoms with E-state index in [1.165, 1.54) is 18.4 Å². The topological polar surface area (TPSA) is 29.9 Å². The molecule has 2 aromatic rings. The van der Waals surface area contributed by atoms with E-state index in [1.807, 2.05) is 6.92 Å². The predicted molar refractivity (Wildman–Crippen MR) is 76.3 cm³/mol. The van der Waals surface area contributed by atoms with Crippen LogP contribution in [-0.4, -0.2) is 9.55 Å². The van der Waals surface area contributed by atoms with Gasteiger partial charge >= 0.3 is 0 Å². The van der Waals surface area contributed by atoms with Crippen LogP contribution < -0.4 is 5.32 Å². The molecule has 0 bridgehead atoms. The summed E-state index contributed by atoms with van der Waals surface area (Å²) in [6.45, 7) is 7.35. The zero-order valence-electron chi connectivity index (χ0n) is 11.4. The van der Waals surface area contributed by atoms with E-state index in [0.717, 1.165) is 23.9 Å². The number of hydrogen-bond acceptors (Lipinski definition) is 2. The largest absolute Gasteiger partial charge is 0.326 e. The molecule has 2 rings (SSSR count). The maximum atomic E-state index is 4.53. The Balaban J connectivity index is 2.14. The van der Waals surface area contributed by atoms with Crippen molar-refractivity contribution < 1.29 is 0 Å². The zero-order valence-corrected chi connectivity index (χ0v) is 11.4. The molecule has 1 N–H and O–H groups in total.